The Kier molecular flexibility index (Phi) is 1.79. The first-order valence-electron chi connectivity index (χ1n) is 5.89. The Balaban J connectivity index is 1.71. The van der Waals surface area contributed by atoms with Crippen LogP contribution in [-0.4, -0.2) is 24.4 Å². The van der Waals surface area contributed by atoms with Gasteiger partial charge in [0.05, 0.1) is 24.4 Å². The lowest BCUT2D eigenvalue weighted by atomic mass is 9.69. The van der Waals surface area contributed by atoms with Crippen LogP contribution in [0.5, 0.6) is 0 Å². The molecule has 3 rings (SSSR count). The Bertz CT molecular complexity index is 249. The van der Waals surface area contributed by atoms with Gasteiger partial charge in [0.2, 0.25) is 0 Å². The van der Waals surface area contributed by atoms with E-state index in [9.17, 15) is 0 Å². The van der Waals surface area contributed by atoms with E-state index < -0.39 is 0 Å². The highest BCUT2D eigenvalue weighted by atomic mass is 16.6. The summed E-state index contributed by atoms with van der Waals surface area (Å²) in [6.45, 7) is 8.00. The summed E-state index contributed by atoms with van der Waals surface area (Å²) in [5, 5.41) is 0. The van der Waals surface area contributed by atoms with Crippen molar-refractivity contribution in [2.24, 2.45) is 17.8 Å². The van der Waals surface area contributed by atoms with Gasteiger partial charge in [0.15, 0.2) is 0 Å². The summed E-state index contributed by atoms with van der Waals surface area (Å²) >= 11 is 0. The van der Waals surface area contributed by atoms with Gasteiger partial charge in [0.25, 0.3) is 0 Å². The second-order valence-electron chi connectivity index (χ2n) is 5.73. The van der Waals surface area contributed by atoms with E-state index in [-0.39, 0.29) is 5.60 Å². The van der Waals surface area contributed by atoms with E-state index in [2.05, 4.69) is 20.8 Å². The summed E-state index contributed by atoms with van der Waals surface area (Å²) in [6.07, 6.45) is 3.64. The fraction of sp³-hybridized carbons (Fsp3) is 1.00. The molecule has 2 nitrogen and oxygen atoms in total. The third kappa shape index (κ3) is 1.31. The van der Waals surface area contributed by atoms with Crippen molar-refractivity contribution in [3.05, 3.63) is 0 Å². The van der Waals surface area contributed by atoms with E-state index >= 15 is 0 Å². The summed E-state index contributed by atoms with van der Waals surface area (Å²) in [5.74, 6) is 2.35. The zero-order chi connectivity index (χ0) is 9.92. The molecule has 2 aliphatic heterocycles. The predicted octanol–water partition coefficient (Wildman–Crippen LogP) is 2.22. The molecule has 1 saturated carbocycles. The molecule has 6 unspecified atom stereocenters. The average Bonchev–Trinajstić information content (AvgIpc) is 2.96. The standard InChI is InChI=1S/C12H20O2/c1-7-4-11-12(3,14-11)5-9(7)8(2)10-6-13-10/h7-11H,4-6H2,1-3H3. The molecule has 0 bridgehead atoms. The molecule has 2 saturated heterocycles. The van der Waals surface area contributed by atoms with Crippen LogP contribution in [0.15, 0.2) is 0 Å². The fourth-order valence-corrected chi connectivity index (χ4v) is 3.29. The van der Waals surface area contributed by atoms with E-state index in [1.165, 1.54) is 12.8 Å². The summed E-state index contributed by atoms with van der Waals surface area (Å²) in [6, 6.07) is 0. The van der Waals surface area contributed by atoms with Gasteiger partial charge in [-0.3, -0.25) is 0 Å². The van der Waals surface area contributed by atoms with Gasteiger partial charge in [-0.1, -0.05) is 13.8 Å². The van der Waals surface area contributed by atoms with Crippen LogP contribution in [0.25, 0.3) is 0 Å². The minimum absolute atomic E-state index is 0.236. The molecular formula is C12H20O2. The van der Waals surface area contributed by atoms with Gasteiger partial charge in [-0.2, -0.15) is 0 Å². The van der Waals surface area contributed by atoms with Crippen molar-refractivity contribution >= 4 is 0 Å². The number of epoxide rings is 2. The van der Waals surface area contributed by atoms with Gasteiger partial charge >= 0.3 is 0 Å². The molecule has 0 spiro atoms. The summed E-state index contributed by atoms with van der Waals surface area (Å²) < 4.78 is 11.2. The maximum absolute atomic E-state index is 5.78. The van der Waals surface area contributed by atoms with E-state index in [1.807, 2.05) is 0 Å². The molecule has 1 aliphatic carbocycles. The first kappa shape index (κ1) is 9.17. The summed E-state index contributed by atoms with van der Waals surface area (Å²) in [4.78, 5) is 0. The van der Waals surface area contributed by atoms with Crippen molar-refractivity contribution in [3.63, 3.8) is 0 Å². The Hall–Kier alpha value is -0.0800. The van der Waals surface area contributed by atoms with Crippen LogP contribution in [0.2, 0.25) is 0 Å². The minimum Gasteiger partial charge on any atom is -0.373 e. The highest BCUT2D eigenvalue weighted by Crippen LogP contribution is 2.54. The van der Waals surface area contributed by atoms with Gasteiger partial charge in [-0.05, 0) is 37.5 Å². The van der Waals surface area contributed by atoms with Gasteiger partial charge in [0.1, 0.15) is 0 Å². The molecular weight excluding hydrogens is 176 g/mol. The molecule has 0 aromatic rings. The van der Waals surface area contributed by atoms with Crippen molar-refractivity contribution in [2.75, 3.05) is 6.61 Å². The molecule has 3 aliphatic rings. The van der Waals surface area contributed by atoms with Crippen LogP contribution in [0, 0.1) is 17.8 Å². The molecule has 0 radical (unpaired) electrons. The van der Waals surface area contributed by atoms with Crippen molar-refractivity contribution in [1.29, 1.82) is 0 Å². The molecule has 3 fully saturated rings. The lowest BCUT2D eigenvalue weighted by Crippen LogP contribution is -2.34. The quantitative estimate of drug-likeness (QED) is 0.633. The second-order valence-corrected chi connectivity index (χ2v) is 5.73. The molecule has 80 valence electrons. The summed E-state index contributed by atoms with van der Waals surface area (Å²) in [5.41, 5.74) is 0.236. The van der Waals surface area contributed by atoms with Gasteiger partial charge in [-0.25, -0.2) is 0 Å². The van der Waals surface area contributed by atoms with Crippen LogP contribution < -0.4 is 0 Å². The lowest BCUT2D eigenvalue weighted by Gasteiger charge is -2.33. The lowest BCUT2D eigenvalue weighted by molar-refractivity contribution is 0.148. The fourth-order valence-electron chi connectivity index (χ4n) is 3.29. The normalized spacial score (nSPS) is 57.6. The smallest absolute Gasteiger partial charge is 0.0923 e. The third-order valence-corrected chi connectivity index (χ3v) is 4.61. The Labute approximate surface area is 86.0 Å². The molecule has 2 heterocycles. The van der Waals surface area contributed by atoms with Crippen LogP contribution in [-0.2, 0) is 9.47 Å². The number of fused-ring (bicyclic) bond motifs is 1. The van der Waals surface area contributed by atoms with Crippen LogP contribution in [0.1, 0.15) is 33.6 Å². The number of ether oxygens (including phenoxy) is 2. The van der Waals surface area contributed by atoms with Crippen molar-refractivity contribution in [3.8, 4) is 0 Å². The summed E-state index contributed by atoms with van der Waals surface area (Å²) in [7, 11) is 0. The highest BCUT2D eigenvalue weighted by molar-refractivity contribution is 5.07. The Morgan fingerprint density at radius 1 is 1.43 bits per heavy atom. The Morgan fingerprint density at radius 3 is 2.79 bits per heavy atom. The second kappa shape index (κ2) is 2.73. The van der Waals surface area contributed by atoms with Crippen LogP contribution in [0.3, 0.4) is 0 Å². The minimum atomic E-state index is 0.236. The molecule has 14 heavy (non-hydrogen) atoms. The Morgan fingerprint density at radius 2 is 2.14 bits per heavy atom. The van der Waals surface area contributed by atoms with E-state index in [0.29, 0.717) is 12.2 Å². The SMILES string of the molecule is CC1CC2OC2(C)CC1C(C)C1CO1. The number of rotatable bonds is 2. The molecule has 0 amide bonds. The maximum atomic E-state index is 5.78. The number of hydrogen-bond donors (Lipinski definition) is 0. The molecule has 0 aromatic carbocycles. The molecule has 0 aromatic heterocycles. The zero-order valence-corrected chi connectivity index (χ0v) is 9.32. The third-order valence-electron chi connectivity index (χ3n) is 4.61. The molecule has 2 heteroatoms. The van der Waals surface area contributed by atoms with Gasteiger partial charge in [0, 0.05) is 0 Å². The van der Waals surface area contributed by atoms with E-state index in [1.54, 1.807) is 0 Å². The van der Waals surface area contributed by atoms with Crippen molar-refractivity contribution < 1.29 is 9.47 Å². The van der Waals surface area contributed by atoms with Crippen LogP contribution >= 0.6 is 0 Å². The van der Waals surface area contributed by atoms with E-state index in [0.717, 1.165) is 24.4 Å². The first-order chi connectivity index (χ1) is 6.60. The molecule has 0 N–H and O–H groups in total. The van der Waals surface area contributed by atoms with E-state index in [4.69, 9.17) is 9.47 Å². The first-order valence-corrected chi connectivity index (χ1v) is 5.89. The zero-order valence-electron chi connectivity index (χ0n) is 9.32. The average molecular weight is 196 g/mol. The largest absolute Gasteiger partial charge is 0.373 e. The number of hydrogen-bond acceptors (Lipinski definition) is 2. The van der Waals surface area contributed by atoms with Crippen molar-refractivity contribution in [1.82, 2.24) is 0 Å². The van der Waals surface area contributed by atoms with Gasteiger partial charge in [-0.15, -0.1) is 0 Å². The maximum Gasteiger partial charge on any atom is 0.0923 e. The van der Waals surface area contributed by atoms with Crippen molar-refractivity contribution in [2.45, 2.75) is 51.4 Å². The monoisotopic (exact) mass is 196 g/mol. The predicted molar refractivity (Wildman–Crippen MR) is 54.1 cm³/mol. The van der Waals surface area contributed by atoms with Gasteiger partial charge < -0.3 is 9.47 Å². The van der Waals surface area contributed by atoms with Crippen LogP contribution in [0.4, 0.5) is 0 Å². The molecule has 6 atom stereocenters. The highest BCUT2D eigenvalue weighted by Gasteiger charge is 2.58. The topological polar surface area (TPSA) is 25.1 Å².